The van der Waals surface area contributed by atoms with Gasteiger partial charge in [-0.3, -0.25) is 14.6 Å². The number of pyridine rings is 1. The molecule has 1 saturated heterocycles. The number of benzene rings is 1. The van der Waals surface area contributed by atoms with Gasteiger partial charge in [-0.25, -0.2) is 0 Å². The van der Waals surface area contributed by atoms with E-state index in [1.807, 2.05) is 0 Å². The van der Waals surface area contributed by atoms with Gasteiger partial charge in [-0.1, -0.05) is 11.6 Å². The Morgan fingerprint density at radius 1 is 1.12 bits per heavy atom. The maximum Gasteiger partial charge on any atom is 0.272 e. The minimum absolute atomic E-state index is 0.195. The SMILES string of the molecule is O=C(Nc1ccc(Cl)cc1)c1ccnc(C(=O)N2CCOCC2)c1. The van der Waals surface area contributed by atoms with Crippen LogP contribution in [0.5, 0.6) is 0 Å². The summed E-state index contributed by atoms with van der Waals surface area (Å²) in [5.74, 6) is -0.504. The molecule has 2 amide bonds. The van der Waals surface area contributed by atoms with Crippen LogP contribution in [0.2, 0.25) is 5.02 Å². The van der Waals surface area contributed by atoms with Crippen molar-refractivity contribution < 1.29 is 14.3 Å². The average Bonchev–Trinajstić information content (AvgIpc) is 2.64. The minimum Gasteiger partial charge on any atom is -0.378 e. The largest absolute Gasteiger partial charge is 0.378 e. The Kier molecular flexibility index (Phi) is 5.08. The summed E-state index contributed by atoms with van der Waals surface area (Å²) in [6.07, 6.45) is 1.46. The summed E-state index contributed by atoms with van der Waals surface area (Å²) in [5, 5.41) is 3.35. The molecule has 24 heavy (non-hydrogen) atoms. The molecule has 0 spiro atoms. The lowest BCUT2D eigenvalue weighted by Gasteiger charge is -2.26. The zero-order valence-corrected chi connectivity index (χ0v) is 13.6. The minimum atomic E-state index is -0.309. The summed E-state index contributed by atoms with van der Waals surface area (Å²) in [7, 11) is 0. The maximum atomic E-state index is 12.4. The van der Waals surface area contributed by atoms with Crippen LogP contribution in [0, 0.1) is 0 Å². The summed E-state index contributed by atoms with van der Waals surface area (Å²) in [4.78, 5) is 30.5. The monoisotopic (exact) mass is 345 g/mol. The van der Waals surface area contributed by atoms with Gasteiger partial charge in [-0.05, 0) is 36.4 Å². The lowest BCUT2D eigenvalue weighted by atomic mass is 10.2. The summed E-state index contributed by atoms with van der Waals surface area (Å²) < 4.78 is 5.23. The van der Waals surface area contributed by atoms with E-state index in [1.165, 1.54) is 12.3 Å². The number of carbonyl (C=O) groups is 2. The molecule has 0 aliphatic carbocycles. The molecule has 7 heteroatoms. The first-order valence-electron chi connectivity index (χ1n) is 7.53. The Bertz CT molecular complexity index is 743. The van der Waals surface area contributed by atoms with E-state index in [1.54, 1.807) is 35.2 Å². The average molecular weight is 346 g/mol. The molecule has 1 aromatic carbocycles. The third-order valence-corrected chi connectivity index (χ3v) is 3.89. The molecular formula is C17H16ClN3O3. The van der Waals surface area contributed by atoms with Crippen LogP contribution >= 0.6 is 11.6 Å². The van der Waals surface area contributed by atoms with Gasteiger partial charge in [0.15, 0.2) is 0 Å². The van der Waals surface area contributed by atoms with Crippen LogP contribution < -0.4 is 5.32 Å². The fourth-order valence-corrected chi connectivity index (χ4v) is 2.48. The number of hydrogen-bond acceptors (Lipinski definition) is 4. The number of carbonyl (C=O) groups excluding carboxylic acids is 2. The van der Waals surface area contributed by atoms with E-state index in [0.29, 0.717) is 42.6 Å². The topological polar surface area (TPSA) is 71.5 Å². The van der Waals surface area contributed by atoms with Gasteiger partial charge in [0.25, 0.3) is 11.8 Å². The number of ether oxygens (including phenoxy) is 1. The Balaban J connectivity index is 1.73. The Hall–Kier alpha value is -2.44. The van der Waals surface area contributed by atoms with Crippen LogP contribution in [0.15, 0.2) is 42.6 Å². The molecule has 1 fully saturated rings. The number of nitrogens with zero attached hydrogens (tertiary/aromatic N) is 2. The number of nitrogens with one attached hydrogen (secondary N) is 1. The van der Waals surface area contributed by atoms with Gasteiger partial charge in [-0.15, -0.1) is 0 Å². The number of rotatable bonds is 3. The van der Waals surface area contributed by atoms with E-state index in [-0.39, 0.29) is 17.5 Å². The van der Waals surface area contributed by atoms with E-state index in [4.69, 9.17) is 16.3 Å². The molecule has 1 N–H and O–H groups in total. The van der Waals surface area contributed by atoms with Gasteiger partial charge in [-0.2, -0.15) is 0 Å². The first-order valence-corrected chi connectivity index (χ1v) is 7.91. The van der Waals surface area contributed by atoms with Crippen LogP contribution in [0.25, 0.3) is 0 Å². The Morgan fingerprint density at radius 3 is 2.54 bits per heavy atom. The highest BCUT2D eigenvalue weighted by Gasteiger charge is 2.20. The highest BCUT2D eigenvalue weighted by Crippen LogP contribution is 2.15. The molecule has 0 saturated carbocycles. The van der Waals surface area contributed by atoms with Crippen LogP contribution in [-0.4, -0.2) is 48.0 Å². The smallest absolute Gasteiger partial charge is 0.272 e. The van der Waals surface area contributed by atoms with Crippen molar-refractivity contribution in [3.8, 4) is 0 Å². The first kappa shape index (κ1) is 16.4. The van der Waals surface area contributed by atoms with Crippen LogP contribution in [0.4, 0.5) is 5.69 Å². The second-order valence-corrected chi connectivity index (χ2v) is 5.73. The highest BCUT2D eigenvalue weighted by molar-refractivity contribution is 6.30. The fourth-order valence-electron chi connectivity index (χ4n) is 2.35. The van der Waals surface area contributed by atoms with Crippen molar-refractivity contribution in [3.63, 3.8) is 0 Å². The number of morpholine rings is 1. The molecule has 0 bridgehead atoms. The zero-order valence-electron chi connectivity index (χ0n) is 12.9. The van der Waals surface area contributed by atoms with Crippen molar-refractivity contribution in [2.75, 3.05) is 31.6 Å². The first-order chi connectivity index (χ1) is 11.6. The van der Waals surface area contributed by atoms with Gasteiger partial charge in [0.1, 0.15) is 5.69 Å². The van der Waals surface area contributed by atoms with Gasteiger partial charge in [0.2, 0.25) is 0 Å². The van der Waals surface area contributed by atoms with E-state index in [9.17, 15) is 9.59 Å². The zero-order chi connectivity index (χ0) is 16.9. The molecule has 1 aliphatic rings. The predicted octanol–water partition coefficient (Wildman–Crippen LogP) is 2.46. The predicted molar refractivity (Wildman–Crippen MR) is 90.4 cm³/mol. The van der Waals surface area contributed by atoms with Crippen molar-refractivity contribution >= 4 is 29.1 Å². The molecule has 6 nitrogen and oxygen atoms in total. The maximum absolute atomic E-state index is 12.4. The van der Waals surface area contributed by atoms with E-state index < -0.39 is 0 Å². The summed E-state index contributed by atoms with van der Waals surface area (Å²) in [6, 6.07) is 9.88. The van der Waals surface area contributed by atoms with Gasteiger partial charge >= 0.3 is 0 Å². The molecule has 1 aromatic heterocycles. The second-order valence-electron chi connectivity index (χ2n) is 5.30. The number of hydrogen-bond donors (Lipinski definition) is 1. The summed E-state index contributed by atoms with van der Waals surface area (Å²) in [5.41, 5.74) is 1.25. The number of anilines is 1. The molecule has 3 rings (SSSR count). The van der Waals surface area contributed by atoms with E-state index in [2.05, 4.69) is 10.3 Å². The molecule has 124 valence electrons. The highest BCUT2D eigenvalue weighted by atomic mass is 35.5. The van der Waals surface area contributed by atoms with Gasteiger partial charge < -0.3 is 15.0 Å². The quantitative estimate of drug-likeness (QED) is 0.927. The summed E-state index contributed by atoms with van der Waals surface area (Å²) >= 11 is 5.82. The molecule has 2 heterocycles. The van der Waals surface area contributed by atoms with Crippen molar-refractivity contribution in [2.24, 2.45) is 0 Å². The van der Waals surface area contributed by atoms with Crippen molar-refractivity contribution in [1.82, 2.24) is 9.88 Å². The van der Waals surface area contributed by atoms with Gasteiger partial charge in [0.05, 0.1) is 13.2 Å². The molecule has 2 aromatic rings. The summed E-state index contributed by atoms with van der Waals surface area (Å²) in [6.45, 7) is 2.09. The number of halogens is 1. The van der Waals surface area contributed by atoms with Crippen LogP contribution in [0.1, 0.15) is 20.8 Å². The molecule has 0 radical (unpaired) electrons. The van der Waals surface area contributed by atoms with Crippen molar-refractivity contribution in [3.05, 3.63) is 58.9 Å². The van der Waals surface area contributed by atoms with Crippen molar-refractivity contribution in [1.29, 1.82) is 0 Å². The third-order valence-electron chi connectivity index (χ3n) is 3.64. The normalized spacial score (nSPS) is 14.3. The third kappa shape index (κ3) is 3.90. The second kappa shape index (κ2) is 7.42. The van der Waals surface area contributed by atoms with Crippen LogP contribution in [0.3, 0.4) is 0 Å². The molecular weight excluding hydrogens is 330 g/mol. The van der Waals surface area contributed by atoms with Gasteiger partial charge in [0, 0.05) is 35.6 Å². The molecule has 1 aliphatic heterocycles. The Morgan fingerprint density at radius 2 is 1.83 bits per heavy atom. The van der Waals surface area contributed by atoms with Crippen LogP contribution in [-0.2, 0) is 4.74 Å². The molecule has 0 atom stereocenters. The van der Waals surface area contributed by atoms with Crippen molar-refractivity contribution in [2.45, 2.75) is 0 Å². The number of aromatic nitrogens is 1. The molecule has 0 unspecified atom stereocenters. The lowest BCUT2D eigenvalue weighted by Crippen LogP contribution is -2.41. The van der Waals surface area contributed by atoms with E-state index in [0.717, 1.165) is 0 Å². The standard InChI is InChI=1S/C17H16ClN3O3/c18-13-1-3-14(4-2-13)20-16(22)12-5-6-19-15(11-12)17(23)21-7-9-24-10-8-21/h1-6,11H,7-10H2,(H,20,22). The lowest BCUT2D eigenvalue weighted by molar-refractivity contribution is 0.0299. The van der Waals surface area contributed by atoms with E-state index >= 15 is 0 Å². The Labute approximate surface area is 144 Å². The fraction of sp³-hybridized carbons (Fsp3) is 0.235. The number of amides is 2.